The van der Waals surface area contributed by atoms with E-state index < -0.39 is 12.0 Å². The van der Waals surface area contributed by atoms with Crippen molar-refractivity contribution >= 4 is 16.9 Å². The minimum absolute atomic E-state index is 0.0100. The molecule has 2 atom stereocenters. The Morgan fingerprint density at radius 2 is 2.00 bits per heavy atom. The predicted octanol–water partition coefficient (Wildman–Crippen LogP) is 3.10. The number of H-pyrrole nitrogens is 1. The molecule has 1 aromatic heterocycles. The van der Waals surface area contributed by atoms with Crippen molar-refractivity contribution < 1.29 is 9.90 Å². The zero-order chi connectivity index (χ0) is 14.9. The number of benzene rings is 1. The summed E-state index contributed by atoms with van der Waals surface area (Å²) >= 11 is 0. The number of nitrogens with two attached hydrogens (primary N) is 1. The Bertz CT molecular complexity index is 610. The van der Waals surface area contributed by atoms with Crippen molar-refractivity contribution in [1.29, 1.82) is 0 Å². The van der Waals surface area contributed by atoms with E-state index in [1.54, 1.807) is 0 Å². The summed E-state index contributed by atoms with van der Waals surface area (Å²) in [5.74, 6) is -1.16. The van der Waals surface area contributed by atoms with Crippen LogP contribution >= 0.6 is 0 Å². The van der Waals surface area contributed by atoms with Crippen molar-refractivity contribution in [2.24, 2.45) is 11.1 Å². The number of carbonyl (C=O) groups is 1. The first-order chi connectivity index (χ1) is 9.29. The highest BCUT2D eigenvalue weighted by Gasteiger charge is 2.31. The van der Waals surface area contributed by atoms with E-state index in [1.807, 2.05) is 30.5 Å². The number of carboxylic acid groups (broad SMARTS) is 1. The van der Waals surface area contributed by atoms with E-state index in [1.165, 1.54) is 0 Å². The van der Waals surface area contributed by atoms with Gasteiger partial charge < -0.3 is 15.8 Å². The third-order valence-corrected chi connectivity index (χ3v) is 3.57. The lowest BCUT2D eigenvalue weighted by Gasteiger charge is -2.28. The molecule has 1 heterocycles. The summed E-state index contributed by atoms with van der Waals surface area (Å²) in [6.07, 6.45) is 2.62. The van der Waals surface area contributed by atoms with Gasteiger partial charge in [-0.25, -0.2) is 0 Å². The number of hydrogen-bond donors (Lipinski definition) is 3. The van der Waals surface area contributed by atoms with E-state index in [-0.39, 0.29) is 11.3 Å². The molecule has 0 amide bonds. The Morgan fingerprint density at radius 1 is 1.35 bits per heavy atom. The highest BCUT2D eigenvalue weighted by molar-refractivity contribution is 5.85. The number of carboxylic acids is 1. The van der Waals surface area contributed by atoms with Gasteiger partial charge in [0.05, 0.1) is 0 Å². The van der Waals surface area contributed by atoms with Crippen LogP contribution in [0, 0.1) is 5.41 Å². The number of aromatic nitrogens is 1. The van der Waals surface area contributed by atoms with E-state index in [9.17, 15) is 9.90 Å². The fraction of sp³-hybridized carbons (Fsp3) is 0.438. The number of aromatic amines is 1. The van der Waals surface area contributed by atoms with Gasteiger partial charge in [-0.05, 0) is 23.5 Å². The lowest BCUT2D eigenvalue weighted by atomic mass is 9.78. The Hall–Kier alpha value is -1.81. The van der Waals surface area contributed by atoms with E-state index in [0.717, 1.165) is 22.9 Å². The molecule has 0 fully saturated rings. The molecule has 0 aliphatic rings. The third kappa shape index (κ3) is 3.02. The Kier molecular flexibility index (Phi) is 3.86. The molecule has 0 radical (unpaired) electrons. The highest BCUT2D eigenvalue weighted by Crippen LogP contribution is 2.36. The van der Waals surface area contributed by atoms with Crippen LogP contribution < -0.4 is 5.73 Å². The molecule has 4 nitrogen and oxygen atoms in total. The molecule has 1 aromatic carbocycles. The molecule has 0 unspecified atom stereocenters. The smallest absolute Gasteiger partial charge is 0.321 e. The number of fused-ring (bicyclic) bond motifs is 1. The summed E-state index contributed by atoms with van der Waals surface area (Å²) in [4.78, 5) is 14.5. The number of para-hydroxylation sites is 1. The van der Waals surface area contributed by atoms with Crippen LogP contribution in [0.2, 0.25) is 0 Å². The maximum atomic E-state index is 11.3. The minimum Gasteiger partial charge on any atom is -0.480 e. The first kappa shape index (κ1) is 14.6. The number of nitrogens with one attached hydrogen (secondary N) is 1. The van der Waals surface area contributed by atoms with Gasteiger partial charge in [0.1, 0.15) is 6.04 Å². The molecule has 0 spiro atoms. The average Bonchev–Trinajstić information content (AvgIpc) is 2.77. The van der Waals surface area contributed by atoms with Crippen molar-refractivity contribution in [2.45, 2.75) is 39.2 Å². The summed E-state index contributed by atoms with van der Waals surface area (Å²) in [6.45, 7) is 6.30. The van der Waals surface area contributed by atoms with Gasteiger partial charge in [0, 0.05) is 23.0 Å². The molecule has 2 aromatic rings. The SMILES string of the molecule is CC(C)(C)C[C@H](c1c[nH]c2ccccc12)[C@@H](N)C(=O)O. The van der Waals surface area contributed by atoms with Gasteiger partial charge in [-0.2, -0.15) is 0 Å². The molecule has 0 saturated heterocycles. The van der Waals surface area contributed by atoms with Gasteiger partial charge in [0.25, 0.3) is 0 Å². The van der Waals surface area contributed by atoms with Crippen LogP contribution in [0.1, 0.15) is 38.7 Å². The lowest BCUT2D eigenvalue weighted by Crippen LogP contribution is -2.38. The maximum Gasteiger partial charge on any atom is 0.321 e. The van der Waals surface area contributed by atoms with Gasteiger partial charge in [-0.1, -0.05) is 39.0 Å². The summed E-state index contributed by atoms with van der Waals surface area (Å²) in [5.41, 5.74) is 7.95. The number of rotatable bonds is 4. The second kappa shape index (κ2) is 5.29. The van der Waals surface area contributed by atoms with Gasteiger partial charge in [-0.15, -0.1) is 0 Å². The molecule has 108 valence electrons. The van der Waals surface area contributed by atoms with Gasteiger partial charge in [0.15, 0.2) is 0 Å². The zero-order valence-corrected chi connectivity index (χ0v) is 12.2. The summed E-state index contributed by atoms with van der Waals surface area (Å²) in [7, 11) is 0. The van der Waals surface area contributed by atoms with Crippen molar-refractivity contribution in [3.63, 3.8) is 0 Å². The second-order valence-electron chi connectivity index (χ2n) is 6.52. The highest BCUT2D eigenvalue weighted by atomic mass is 16.4. The molecule has 0 saturated carbocycles. The molecule has 0 aliphatic carbocycles. The first-order valence-corrected chi connectivity index (χ1v) is 6.84. The molecule has 0 aliphatic heterocycles. The van der Waals surface area contributed by atoms with Gasteiger partial charge in [-0.3, -0.25) is 4.79 Å². The van der Waals surface area contributed by atoms with E-state index >= 15 is 0 Å². The van der Waals surface area contributed by atoms with Crippen LogP contribution in [0.25, 0.3) is 10.9 Å². The van der Waals surface area contributed by atoms with Crippen LogP contribution in [-0.4, -0.2) is 22.1 Å². The molecule has 4 N–H and O–H groups in total. The van der Waals surface area contributed by atoms with E-state index in [4.69, 9.17) is 5.73 Å². The first-order valence-electron chi connectivity index (χ1n) is 6.84. The molecular formula is C16H22N2O2. The van der Waals surface area contributed by atoms with Crippen molar-refractivity contribution in [3.05, 3.63) is 36.0 Å². The number of hydrogen-bond acceptors (Lipinski definition) is 2. The largest absolute Gasteiger partial charge is 0.480 e. The summed E-state index contributed by atoms with van der Waals surface area (Å²) in [5, 5.41) is 10.3. The van der Waals surface area contributed by atoms with Crippen molar-refractivity contribution in [2.75, 3.05) is 0 Å². The Labute approximate surface area is 119 Å². The van der Waals surface area contributed by atoms with Crippen molar-refractivity contribution in [3.8, 4) is 0 Å². The monoisotopic (exact) mass is 274 g/mol. The molecule has 4 heteroatoms. The third-order valence-electron chi connectivity index (χ3n) is 3.57. The Morgan fingerprint density at radius 3 is 2.60 bits per heavy atom. The minimum atomic E-state index is -0.954. The average molecular weight is 274 g/mol. The molecular weight excluding hydrogens is 252 g/mol. The van der Waals surface area contributed by atoms with Crippen LogP contribution in [0.15, 0.2) is 30.5 Å². The van der Waals surface area contributed by atoms with Crippen molar-refractivity contribution in [1.82, 2.24) is 4.98 Å². The normalized spacial score (nSPS) is 15.2. The summed E-state index contributed by atoms with van der Waals surface area (Å²) < 4.78 is 0. The van der Waals surface area contributed by atoms with Gasteiger partial charge in [0.2, 0.25) is 0 Å². The molecule has 0 bridgehead atoms. The predicted molar refractivity (Wildman–Crippen MR) is 80.7 cm³/mol. The van der Waals surface area contributed by atoms with Crippen LogP contribution in [0.5, 0.6) is 0 Å². The van der Waals surface area contributed by atoms with Crippen LogP contribution in [0.4, 0.5) is 0 Å². The van der Waals surface area contributed by atoms with Gasteiger partial charge >= 0.3 is 5.97 Å². The zero-order valence-electron chi connectivity index (χ0n) is 12.2. The fourth-order valence-corrected chi connectivity index (χ4v) is 2.66. The second-order valence-corrected chi connectivity index (χ2v) is 6.52. The van der Waals surface area contributed by atoms with E-state index in [2.05, 4.69) is 25.8 Å². The molecule has 2 rings (SSSR count). The van der Waals surface area contributed by atoms with E-state index in [0.29, 0.717) is 0 Å². The lowest BCUT2D eigenvalue weighted by molar-refractivity contribution is -0.139. The quantitative estimate of drug-likeness (QED) is 0.801. The fourth-order valence-electron chi connectivity index (χ4n) is 2.66. The summed E-state index contributed by atoms with van der Waals surface area (Å²) in [6, 6.07) is 7.01. The van der Waals surface area contributed by atoms with Crippen LogP contribution in [-0.2, 0) is 4.79 Å². The number of aliphatic carboxylic acids is 1. The maximum absolute atomic E-state index is 11.3. The Balaban J connectivity index is 2.47. The topological polar surface area (TPSA) is 79.1 Å². The molecule has 20 heavy (non-hydrogen) atoms. The van der Waals surface area contributed by atoms with Crippen LogP contribution in [0.3, 0.4) is 0 Å². The standard InChI is InChI=1S/C16H22N2O2/c1-16(2,3)8-11(14(17)15(19)20)12-9-18-13-7-5-4-6-10(12)13/h4-7,9,11,14,18H,8,17H2,1-3H3,(H,19,20)/t11-,14-/m1/s1.